The molecule has 0 bridgehead atoms. The summed E-state index contributed by atoms with van der Waals surface area (Å²) in [6, 6.07) is 1.78. The second-order valence-electron chi connectivity index (χ2n) is 5.31. The molecule has 0 amide bonds. The first-order valence-corrected chi connectivity index (χ1v) is 7.15. The van der Waals surface area contributed by atoms with Gasteiger partial charge in [-0.1, -0.05) is 12.8 Å². The van der Waals surface area contributed by atoms with E-state index in [1.54, 1.807) is 13.0 Å². The molecule has 1 aromatic rings. The predicted molar refractivity (Wildman–Crippen MR) is 77.4 cm³/mol. The third kappa shape index (κ3) is 3.70. The van der Waals surface area contributed by atoms with E-state index in [1.165, 1.54) is 12.8 Å². The number of aromatic nitrogens is 1. The van der Waals surface area contributed by atoms with Gasteiger partial charge < -0.3 is 15.2 Å². The minimum Gasteiger partial charge on any atom is -0.478 e. The number of aromatic carboxylic acids is 1. The number of rotatable bonds is 6. The maximum Gasteiger partial charge on any atom is 0.339 e. The van der Waals surface area contributed by atoms with Crippen molar-refractivity contribution in [1.82, 2.24) is 4.98 Å². The number of pyridine rings is 1. The Kier molecular flexibility index (Phi) is 4.95. The van der Waals surface area contributed by atoms with Crippen molar-refractivity contribution in [1.29, 1.82) is 0 Å². The van der Waals surface area contributed by atoms with Crippen molar-refractivity contribution >= 4 is 11.8 Å². The summed E-state index contributed by atoms with van der Waals surface area (Å²) < 4.78 is 5.75. The van der Waals surface area contributed by atoms with Crippen LogP contribution in [0.25, 0.3) is 0 Å². The van der Waals surface area contributed by atoms with E-state index in [9.17, 15) is 9.90 Å². The number of anilines is 1. The Morgan fingerprint density at radius 2 is 2.15 bits per heavy atom. The van der Waals surface area contributed by atoms with Gasteiger partial charge in [-0.25, -0.2) is 9.78 Å². The number of carbonyl (C=O) groups is 1. The van der Waals surface area contributed by atoms with Crippen molar-refractivity contribution in [3.8, 4) is 0 Å². The van der Waals surface area contributed by atoms with Crippen molar-refractivity contribution in [2.45, 2.75) is 45.6 Å². The van der Waals surface area contributed by atoms with Crippen LogP contribution < -0.4 is 5.32 Å². The minimum absolute atomic E-state index is 0.247. The second kappa shape index (κ2) is 6.70. The zero-order valence-electron chi connectivity index (χ0n) is 12.1. The molecular weight excluding hydrogens is 256 g/mol. The van der Waals surface area contributed by atoms with E-state index in [0.717, 1.165) is 24.1 Å². The highest BCUT2D eigenvalue weighted by Crippen LogP contribution is 2.21. The molecule has 2 N–H and O–H groups in total. The average molecular weight is 278 g/mol. The van der Waals surface area contributed by atoms with Crippen molar-refractivity contribution in [2.24, 2.45) is 0 Å². The number of hydrogen-bond donors (Lipinski definition) is 2. The molecule has 0 saturated heterocycles. The van der Waals surface area contributed by atoms with Crippen LogP contribution in [-0.4, -0.2) is 35.3 Å². The van der Waals surface area contributed by atoms with Crippen LogP contribution in [0, 0.1) is 13.8 Å². The second-order valence-corrected chi connectivity index (χ2v) is 5.31. The molecule has 1 saturated carbocycles. The number of carboxylic acids is 1. The first-order valence-electron chi connectivity index (χ1n) is 7.15. The molecule has 5 nitrogen and oxygen atoms in total. The molecule has 2 rings (SSSR count). The molecule has 0 unspecified atom stereocenters. The molecule has 0 radical (unpaired) electrons. The van der Waals surface area contributed by atoms with Crippen molar-refractivity contribution in [3.05, 3.63) is 22.9 Å². The Labute approximate surface area is 119 Å². The Hall–Kier alpha value is -1.62. The molecule has 5 heteroatoms. The summed E-state index contributed by atoms with van der Waals surface area (Å²) in [5.74, 6) is -0.515. The molecule has 0 aliphatic heterocycles. The van der Waals surface area contributed by atoms with Crippen molar-refractivity contribution < 1.29 is 14.6 Å². The number of nitrogens with one attached hydrogen (secondary N) is 1. The standard InChI is InChI=1S/C15H22N2O3/c1-10-9-11(2)17-14(13(10)15(18)19)16-7-8-20-12-5-3-4-6-12/h9,12H,3-8H2,1-2H3,(H,16,17)(H,18,19). The predicted octanol–water partition coefficient (Wildman–Crippen LogP) is 2.77. The smallest absolute Gasteiger partial charge is 0.339 e. The van der Waals surface area contributed by atoms with E-state index in [1.807, 2.05) is 6.92 Å². The number of ether oxygens (including phenoxy) is 1. The highest BCUT2D eigenvalue weighted by Gasteiger charge is 2.17. The van der Waals surface area contributed by atoms with Crippen LogP contribution in [-0.2, 0) is 4.74 Å². The molecule has 1 aliphatic rings. The topological polar surface area (TPSA) is 71.5 Å². The maximum atomic E-state index is 11.3. The lowest BCUT2D eigenvalue weighted by Gasteiger charge is -2.14. The largest absolute Gasteiger partial charge is 0.478 e. The lowest BCUT2D eigenvalue weighted by Crippen LogP contribution is -2.18. The summed E-state index contributed by atoms with van der Waals surface area (Å²) >= 11 is 0. The zero-order chi connectivity index (χ0) is 14.5. The van der Waals surface area contributed by atoms with E-state index < -0.39 is 5.97 Å². The first kappa shape index (κ1) is 14.8. The molecule has 0 atom stereocenters. The van der Waals surface area contributed by atoms with Crippen LogP contribution in [0.15, 0.2) is 6.07 Å². The van der Waals surface area contributed by atoms with Crippen molar-refractivity contribution in [3.63, 3.8) is 0 Å². The van der Waals surface area contributed by atoms with Gasteiger partial charge in [-0.2, -0.15) is 0 Å². The van der Waals surface area contributed by atoms with Crippen LogP contribution >= 0.6 is 0 Å². The van der Waals surface area contributed by atoms with E-state index in [2.05, 4.69) is 10.3 Å². The zero-order valence-corrected chi connectivity index (χ0v) is 12.1. The van der Waals surface area contributed by atoms with Gasteiger partial charge in [-0.3, -0.25) is 0 Å². The van der Waals surface area contributed by atoms with Gasteiger partial charge in [0.1, 0.15) is 11.4 Å². The molecular formula is C15H22N2O3. The quantitative estimate of drug-likeness (QED) is 0.783. The Balaban J connectivity index is 1.92. The van der Waals surface area contributed by atoms with Gasteiger partial charge in [-0.05, 0) is 38.3 Å². The molecule has 1 fully saturated rings. The van der Waals surface area contributed by atoms with E-state index in [0.29, 0.717) is 25.1 Å². The van der Waals surface area contributed by atoms with Crippen LogP contribution in [0.4, 0.5) is 5.82 Å². The molecule has 0 aromatic carbocycles. The van der Waals surface area contributed by atoms with Crippen LogP contribution in [0.3, 0.4) is 0 Å². The summed E-state index contributed by atoms with van der Waals surface area (Å²) in [6.07, 6.45) is 5.16. The van der Waals surface area contributed by atoms with E-state index in [4.69, 9.17) is 4.74 Å². The minimum atomic E-state index is -0.950. The summed E-state index contributed by atoms with van der Waals surface area (Å²) in [4.78, 5) is 15.6. The third-order valence-corrected chi connectivity index (χ3v) is 3.61. The molecule has 20 heavy (non-hydrogen) atoms. The van der Waals surface area contributed by atoms with Crippen LogP contribution in [0.1, 0.15) is 47.3 Å². The fraction of sp³-hybridized carbons (Fsp3) is 0.600. The first-order chi connectivity index (χ1) is 9.58. The van der Waals surface area contributed by atoms with Gasteiger partial charge in [0, 0.05) is 12.2 Å². The van der Waals surface area contributed by atoms with Gasteiger partial charge in [-0.15, -0.1) is 0 Å². The van der Waals surface area contributed by atoms with Gasteiger partial charge in [0.25, 0.3) is 0 Å². The summed E-state index contributed by atoms with van der Waals surface area (Å²) in [6.45, 7) is 4.81. The van der Waals surface area contributed by atoms with E-state index in [-0.39, 0.29) is 5.56 Å². The monoisotopic (exact) mass is 278 g/mol. The normalized spacial score (nSPS) is 15.5. The maximum absolute atomic E-state index is 11.3. The lowest BCUT2D eigenvalue weighted by molar-refractivity contribution is 0.0655. The van der Waals surface area contributed by atoms with Gasteiger partial charge in [0.15, 0.2) is 0 Å². The SMILES string of the molecule is Cc1cc(C)c(C(=O)O)c(NCCOC2CCCC2)n1. The number of carboxylic acid groups (broad SMARTS) is 1. The molecule has 1 aromatic heterocycles. The summed E-state index contributed by atoms with van der Waals surface area (Å²) in [5.41, 5.74) is 1.78. The Morgan fingerprint density at radius 3 is 2.80 bits per heavy atom. The highest BCUT2D eigenvalue weighted by molar-refractivity contribution is 5.94. The van der Waals surface area contributed by atoms with Gasteiger partial charge in [0.2, 0.25) is 0 Å². The summed E-state index contributed by atoms with van der Waals surface area (Å²) in [7, 11) is 0. The van der Waals surface area contributed by atoms with Gasteiger partial charge in [0.05, 0.1) is 12.7 Å². The van der Waals surface area contributed by atoms with Crippen molar-refractivity contribution in [2.75, 3.05) is 18.5 Å². The van der Waals surface area contributed by atoms with Crippen LogP contribution in [0.5, 0.6) is 0 Å². The average Bonchev–Trinajstić information content (AvgIpc) is 2.86. The third-order valence-electron chi connectivity index (χ3n) is 3.61. The lowest BCUT2D eigenvalue weighted by atomic mass is 10.1. The fourth-order valence-electron chi connectivity index (χ4n) is 2.68. The van der Waals surface area contributed by atoms with Gasteiger partial charge >= 0.3 is 5.97 Å². The van der Waals surface area contributed by atoms with Crippen LogP contribution in [0.2, 0.25) is 0 Å². The summed E-state index contributed by atoms with van der Waals surface area (Å²) in [5, 5.41) is 12.3. The number of aryl methyl sites for hydroxylation is 2. The number of hydrogen-bond acceptors (Lipinski definition) is 4. The highest BCUT2D eigenvalue weighted by atomic mass is 16.5. The fourth-order valence-corrected chi connectivity index (χ4v) is 2.68. The molecule has 110 valence electrons. The molecule has 1 heterocycles. The Morgan fingerprint density at radius 1 is 1.45 bits per heavy atom. The molecule has 1 aliphatic carbocycles. The Bertz CT molecular complexity index is 482. The van der Waals surface area contributed by atoms with E-state index >= 15 is 0 Å². The molecule has 0 spiro atoms. The number of nitrogens with zero attached hydrogens (tertiary/aromatic N) is 1.